The molecule has 1 atom stereocenters. The van der Waals surface area contributed by atoms with Crippen molar-refractivity contribution in [1.29, 1.82) is 0 Å². The third-order valence-electron chi connectivity index (χ3n) is 4.74. The number of rotatable bonds is 4. The first-order valence-electron chi connectivity index (χ1n) is 9.11. The van der Waals surface area contributed by atoms with Gasteiger partial charge in [0.25, 0.3) is 0 Å². The molecule has 3 amide bonds. The summed E-state index contributed by atoms with van der Waals surface area (Å²) in [5, 5.41) is 3.02. The van der Waals surface area contributed by atoms with E-state index < -0.39 is 0 Å². The van der Waals surface area contributed by atoms with Crippen molar-refractivity contribution in [3.05, 3.63) is 24.3 Å². The molecule has 136 valence electrons. The summed E-state index contributed by atoms with van der Waals surface area (Å²) in [6.45, 7) is 6.75. The van der Waals surface area contributed by atoms with E-state index in [1.165, 1.54) is 0 Å². The van der Waals surface area contributed by atoms with Gasteiger partial charge in [-0.05, 0) is 30.9 Å². The van der Waals surface area contributed by atoms with Crippen molar-refractivity contribution in [3.63, 3.8) is 0 Å². The van der Waals surface area contributed by atoms with Gasteiger partial charge in [0, 0.05) is 19.5 Å². The molecule has 1 N–H and O–H groups in total. The van der Waals surface area contributed by atoms with E-state index in [-0.39, 0.29) is 18.0 Å². The van der Waals surface area contributed by atoms with Gasteiger partial charge in [0.2, 0.25) is 5.91 Å². The number of nitrogens with one attached hydrogen (secondary N) is 1. The Balaban J connectivity index is 1.75. The highest BCUT2D eigenvalue weighted by Crippen LogP contribution is 2.30. The number of ether oxygens (including phenoxy) is 1. The Bertz CT molecular complexity index is 632. The smallest absolute Gasteiger partial charge is 0.322 e. The number of urea groups is 1. The molecule has 0 bridgehead atoms. The quantitative estimate of drug-likeness (QED) is 0.912. The van der Waals surface area contributed by atoms with E-state index in [0.717, 1.165) is 18.5 Å². The second kappa shape index (κ2) is 7.87. The molecule has 25 heavy (non-hydrogen) atoms. The maximum absolute atomic E-state index is 12.9. The molecule has 0 radical (unpaired) electrons. The van der Waals surface area contributed by atoms with E-state index in [4.69, 9.17) is 4.74 Å². The van der Waals surface area contributed by atoms with Gasteiger partial charge in [-0.15, -0.1) is 0 Å². The maximum Gasteiger partial charge on any atom is 0.322 e. The maximum atomic E-state index is 12.9. The minimum absolute atomic E-state index is 0.0920. The van der Waals surface area contributed by atoms with Crippen LogP contribution in [0.25, 0.3) is 0 Å². The summed E-state index contributed by atoms with van der Waals surface area (Å²) >= 11 is 0. The summed E-state index contributed by atoms with van der Waals surface area (Å²) in [4.78, 5) is 28.6. The van der Waals surface area contributed by atoms with E-state index >= 15 is 0 Å². The number of hydrogen-bond acceptors (Lipinski definition) is 3. The zero-order valence-electron chi connectivity index (χ0n) is 15.0. The minimum atomic E-state index is -0.118. The first-order valence-corrected chi connectivity index (χ1v) is 9.11. The molecular weight excluding hydrogens is 318 g/mol. The number of morpholine rings is 1. The third-order valence-corrected chi connectivity index (χ3v) is 4.74. The van der Waals surface area contributed by atoms with Gasteiger partial charge in [-0.3, -0.25) is 4.79 Å². The number of nitrogens with zero attached hydrogens (tertiary/aromatic N) is 2. The number of hydrogen-bond donors (Lipinski definition) is 1. The van der Waals surface area contributed by atoms with Crippen LogP contribution in [-0.4, -0.2) is 49.2 Å². The Hall–Kier alpha value is -2.08. The first-order chi connectivity index (χ1) is 12.1. The largest absolute Gasteiger partial charge is 0.377 e. The lowest BCUT2D eigenvalue weighted by atomic mass is 10.0. The van der Waals surface area contributed by atoms with Gasteiger partial charge in [0.1, 0.15) is 0 Å². The predicted octanol–water partition coefficient (Wildman–Crippen LogP) is 3.09. The average molecular weight is 345 g/mol. The van der Waals surface area contributed by atoms with Crippen molar-refractivity contribution in [1.82, 2.24) is 4.90 Å². The van der Waals surface area contributed by atoms with Gasteiger partial charge in [0.15, 0.2) is 0 Å². The topological polar surface area (TPSA) is 61.9 Å². The molecule has 0 saturated carbocycles. The molecule has 0 unspecified atom stereocenters. The second-order valence-corrected chi connectivity index (χ2v) is 7.15. The van der Waals surface area contributed by atoms with Crippen LogP contribution < -0.4 is 10.2 Å². The van der Waals surface area contributed by atoms with Gasteiger partial charge in [-0.2, -0.15) is 0 Å². The fraction of sp³-hybridized carbons (Fsp3) is 0.579. The molecule has 2 aliphatic heterocycles. The molecule has 2 saturated heterocycles. The lowest BCUT2D eigenvalue weighted by Gasteiger charge is -2.36. The Morgan fingerprint density at radius 2 is 2.12 bits per heavy atom. The summed E-state index contributed by atoms with van der Waals surface area (Å²) in [5.74, 6) is 0.613. The molecule has 1 aromatic carbocycles. The van der Waals surface area contributed by atoms with E-state index in [2.05, 4.69) is 19.2 Å². The molecule has 1 aromatic rings. The van der Waals surface area contributed by atoms with Crippen LogP contribution in [0.3, 0.4) is 0 Å². The molecule has 6 heteroatoms. The third kappa shape index (κ3) is 4.12. The molecule has 2 heterocycles. The normalized spacial score (nSPS) is 21.1. The second-order valence-electron chi connectivity index (χ2n) is 7.15. The summed E-state index contributed by atoms with van der Waals surface area (Å²) in [5.41, 5.74) is 1.48. The lowest BCUT2D eigenvalue weighted by Crippen LogP contribution is -2.50. The Morgan fingerprint density at radius 1 is 1.32 bits per heavy atom. The van der Waals surface area contributed by atoms with Crippen LogP contribution in [0.15, 0.2) is 24.3 Å². The SMILES string of the molecule is CC(C)C[C@H]1COCCN1C(=O)Nc1ccccc1N1CCCC1=O. The molecule has 0 aliphatic carbocycles. The van der Waals surface area contributed by atoms with Crippen molar-refractivity contribution >= 4 is 23.3 Å². The molecular formula is C19H27N3O3. The van der Waals surface area contributed by atoms with Crippen LogP contribution in [-0.2, 0) is 9.53 Å². The van der Waals surface area contributed by atoms with Gasteiger partial charge < -0.3 is 19.9 Å². The average Bonchev–Trinajstić information content (AvgIpc) is 3.01. The number of para-hydroxylation sites is 2. The highest BCUT2D eigenvalue weighted by atomic mass is 16.5. The summed E-state index contributed by atoms with van der Waals surface area (Å²) in [6.07, 6.45) is 2.35. The number of benzene rings is 1. The van der Waals surface area contributed by atoms with Gasteiger partial charge in [-0.1, -0.05) is 26.0 Å². The van der Waals surface area contributed by atoms with Crippen molar-refractivity contribution in [3.8, 4) is 0 Å². The van der Waals surface area contributed by atoms with Crippen LogP contribution in [0.2, 0.25) is 0 Å². The van der Waals surface area contributed by atoms with Gasteiger partial charge >= 0.3 is 6.03 Å². The monoisotopic (exact) mass is 345 g/mol. The van der Waals surface area contributed by atoms with Gasteiger partial charge in [-0.25, -0.2) is 4.79 Å². The standard InChI is InChI=1S/C19H27N3O3/c1-14(2)12-15-13-25-11-10-21(15)19(24)20-16-6-3-4-7-17(16)22-9-5-8-18(22)23/h3-4,6-7,14-15H,5,8-13H2,1-2H3,(H,20,24)/t15-/m0/s1. The molecule has 6 nitrogen and oxygen atoms in total. The highest BCUT2D eigenvalue weighted by Gasteiger charge is 2.29. The van der Waals surface area contributed by atoms with Gasteiger partial charge in [0.05, 0.1) is 30.6 Å². The summed E-state index contributed by atoms with van der Waals surface area (Å²) < 4.78 is 5.56. The van der Waals surface area contributed by atoms with Crippen molar-refractivity contribution in [2.45, 2.75) is 39.2 Å². The molecule has 0 aromatic heterocycles. The Labute approximate surface area is 149 Å². The van der Waals surface area contributed by atoms with Crippen LogP contribution in [0.4, 0.5) is 16.2 Å². The van der Waals surface area contributed by atoms with Crippen molar-refractivity contribution in [2.24, 2.45) is 5.92 Å². The molecule has 0 spiro atoms. The van der Waals surface area contributed by atoms with Crippen LogP contribution in [0, 0.1) is 5.92 Å². The number of carbonyl (C=O) groups excluding carboxylic acids is 2. The number of anilines is 2. The van der Waals surface area contributed by atoms with E-state index in [1.807, 2.05) is 29.2 Å². The Kier molecular flexibility index (Phi) is 5.58. The molecule has 3 rings (SSSR count). The van der Waals surface area contributed by atoms with E-state index in [9.17, 15) is 9.59 Å². The van der Waals surface area contributed by atoms with Crippen molar-refractivity contribution in [2.75, 3.05) is 36.5 Å². The zero-order valence-corrected chi connectivity index (χ0v) is 15.0. The van der Waals surface area contributed by atoms with Crippen LogP contribution in [0.1, 0.15) is 33.1 Å². The van der Waals surface area contributed by atoms with Crippen LogP contribution >= 0.6 is 0 Å². The van der Waals surface area contributed by atoms with E-state index in [0.29, 0.717) is 44.3 Å². The predicted molar refractivity (Wildman–Crippen MR) is 97.8 cm³/mol. The summed E-state index contributed by atoms with van der Waals surface area (Å²) in [7, 11) is 0. The molecule has 2 aliphatic rings. The first kappa shape index (κ1) is 17.7. The molecule has 2 fully saturated rings. The fourth-order valence-corrected chi connectivity index (χ4v) is 3.57. The van der Waals surface area contributed by atoms with E-state index in [1.54, 1.807) is 4.90 Å². The lowest BCUT2D eigenvalue weighted by molar-refractivity contribution is -0.117. The number of amides is 3. The minimum Gasteiger partial charge on any atom is -0.377 e. The Morgan fingerprint density at radius 3 is 2.84 bits per heavy atom. The van der Waals surface area contributed by atoms with Crippen molar-refractivity contribution < 1.29 is 14.3 Å². The van der Waals surface area contributed by atoms with Crippen LogP contribution in [0.5, 0.6) is 0 Å². The summed E-state index contributed by atoms with van der Waals surface area (Å²) in [6, 6.07) is 7.50. The zero-order chi connectivity index (χ0) is 17.8. The number of carbonyl (C=O) groups is 2. The highest BCUT2D eigenvalue weighted by molar-refractivity contribution is 6.01. The fourth-order valence-electron chi connectivity index (χ4n) is 3.57.